The van der Waals surface area contributed by atoms with E-state index in [1.165, 1.54) is 12.1 Å². The van der Waals surface area contributed by atoms with Crippen molar-refractivity contribution in [3.63, 3.8) is 0 Å². The van der Waals surface area contributed by atoms with Gasteiger partial charge in [0, 0.05) is 17.5 Å². The van der Waals surface area contributed by atoms with Gasteiger partial charge in [-0.25, -0.2) is 9.37 Å². The number of imidazole rings is 1. The maximum absolute atomic E-state index is 13.3. The number of benzene rings is 1. The molecule has 2 heterocycles. The van der Waals surface area contributed by atoms with E-state index in [1.807, 2.05) is 17.4 Å². The highest BCUT2D eigenvalue weighted by Crippen LogP contribution is 2.29. The van der Waals surface area contributed by atoms with Gasteiger partial charge in [-0.1, -0.05) is 35.3 Å². The topological polar surface area (TPSA) is 17.3 Å². The van der Waals surface area contributed by atoms with Crippen LogP contribution in [0, 0.1) is 12.7 Å². The summed E-state index contributed by atoms with van der Waals surface area (Å²) in [7, 11) is 0. The largest absolute Gasteiger partial charge is 0.301 e. The third kappa shape index (κ3) is 2.09. The first-order valence-electron chi connectivity index (χ1n) is 5.66. The van der Waals surface area contributed by atoms with Crippen molar-refractivity contribution in [1.29, 1.82) is 0 Å². The zero-order valence-electron chi connectivity index (χ0n) is 9.99. The zero-order chi connectivity index (χ0) is 13.6. The smallest absolute Gasteiger partial charge is 0.156 e. The first kappa shape index (κ1) is 12.5. The van der Waals surface area contributed by atoms with Gasteiger partial charge in [0.05, 0.1) is 15.7 Å². The lowest BCUT2D eigenvalue weighted by molar-refractivity contribution is 0.628. The summed E-state index contributed by atoms with van der Waals surface area (Å²) in [4.78, 5) is 4.47. The summed E-state index contributed by atoms with van der Waals surface area (Å²) in [6.45, 7) is 1.90. The monoisotopic (exact) mass is 294 g/mol. The van der Waals surface area contributed by atoms with Gasteiger partial charge in [-0.2, -0.15) is 0 Å². The molecule has 3 rings (SSSR count). The van der Waals surface area contributed by atoms with E-state index in [-0.39, 0.29) is 5.82 Å². The number of fused-ring (bicyclic) bond motifs is 1. The molecule has 5 heteroatoms. The minimum atomic E-state index is -0.293. The Bertz CT molecular complexity index is 780. The van der Waals surface area contributed by atoms with Gasteiger partial charge >= 0.3 is 0 Å². The van der Waals surface area contributed by atoms with Crippen LogP contribution in [-0.2, 0) is 0 Å². The summed E-state index contributed by atoms with van der Waals surface area (Å²) >= 11 is 12.1. The zero-order valence-corrected chi connectivity index (χ0v) is 11.5. The fourth-order valence-electron chi connectivity index (χ4n) is 2.10. The maximum atomic E-state index is 13.3. The molecule has 96 valence electrons. The van der Waals surface area contributed by atoms with Crippen molar-refractivity contribution in [3.05, 3.63) is 58.1 Å². The van der Waals surface area contributed by atoms with Crippen LogP contribution >= 0.6 is 23.2 Å². The van der Waals surface area contributed by atoms with Gasteiger partial charge in [0.25, 0.3) is 0 Å². The molecule has 3 aromatic rings. The van der Waals surface area contributed by atoms with Crippen molar-refractivity contribution >= 4 is 28.8 Å². The van der Waals surface area contributed by atoms with Gasteiger partial charge < -0.3 is 4.40 Å². The van der Waals surface area contributed by atoms with Crippen LogP contribution in [0.1, 0.15) is 5.69 Å². The number of aryl methyl sites for hydroxylation is 1. The minimum absolute atomic E-state index is 0.293. The van der Waals surface area contributed by atoms with Gasteiger partial charge in [0.2, 0.25) is 0 Å². The highest BCUT2D eigenvalue weighted by Gasteiger charge is 2.13. The molecule has 2 nitrogen and oxygen atoms in total. The molecule has 1 aromatic carbocycles. The first-order chi connectivity index (χ1) is 9.06. The van der Waals surface area contributed by atoms with Crippen molar-refractivity contribution in [1.82, 2.24) is 9.38 Å². The van der Waals surface area contributed by atoms with Gasteiger partial charge in [0.15, 0.2) is 5.65 Å². The second-order valence-corrected chi connectivity index (χ2v) is 5.10. The second kappa shape index (κ2) is 4.51. The summed E-state index contributed by atoms with van der Waals surface area (Å²) in [6, 6.07) is 7.96. The van der Waals surface area contributed by atoms with Crippen LogP contribution in [0.4, 0.5) is 4.39 Å². The Kier molecular flexibility index (Phi) is 2.96. The first-order valence-corrected chi connectivity index (χ1v) is 6.41. The number of aromatic nitrogens is 2. The number of halogens is 3. The lowest BCUT2D eigenvalue weighted by atomic mass is 10.1. The number of rotatable bonds is 1. The molecular formula is C14H9Cl2FN2. The van der Waals surface area contributed by atoms with Gasteiger partial charge in [-0.05, 0) is 25.1 Å². The van der Waals surface area contributed by atoms with E-state index in [0.29, 0.717) is 26.9 Å². The summed E-state index contributed by atoms with van der Waals surface area (Å²) in [6.07, 6.45) is 1.74. The summed E-state index contributed by atoms with van der Waals surface area (Å²) < 4.78 is 15.1. The molecule has 0 aliphatic heterocycles. The highest BCUT2D eigenvalue weighted by molar-refractivity contribution is 6.36. The molecule has 0 spiro atoms. The quantitative estimate of drug-likeness (QED) is 0.633. The van der Waals surface area contributed by atoms with Crippen molar-refractivity contribution in [2.24, 2.45) is 0 Å². The van der Waals surface area contributed by atoms with E-state index in [1.54, 1.807) is 18.3 Å². The van der Waals surface area contributed by atoms with Crippen molar-refractivity contribution in [3.8, 4) is 11.3 Å². The summed E-state index contributed by atoms with van der Waals surface area (Å²) in [5, 5.41) is 1.00. The van der Waals surface area contributed by atoms with E-state index in [2.05, 4.69) is 4.98 Å². The fourth-order valence-corrected chi connectivity index (χ4v) is 2.61. The normalized spacial score (nSPS) is 11.2. The van der Waals surface area contributed by atoms with Gasteiger partial charge in [-0.15, -0.1) is 0 Å². The predicted molar refractivity (Wildman–Crippen MR) is 75.3 cm³/mol. The van der Waals surface area contributed by atoms with Gasteiger partial charge in [-0.3, -0.25) is 0 Å². The summed E-state index contributed by atoms with van der Waals surface area (Å²) in [5.74, 6) is -0.293. The Morgan fingerprint density at radius 1 is 1.21 bits per heavy atom. The number of pyridine rings is 1. The predicted octanol–water partition coefficient (Wildman–Crippen LogP) is 4.76. The number of hydrogen-bond donors (Lipinski definition) is 0. The standard InChI is InChI=1S/C14H9Cl2FN2/c1-8-13(9-3-2-4-11(17)5-9)18-14-12(16)6-10(15)7-19(8)14/h2-7H,1H3. The molecule has 2 aromatic heterocycles. The van der Waals surface area contributed by atoms with Crippen LogP contribution < -0.4 is 0 Å². The third-order valence-electron chi connectivity index (χ3n) is 2.98. The molecule has 0 fully saturated rings. The Morgan fingerprint density at radius 3 is 2.74 bits per heavy atom. The second-order valence-electron chi connectivity index (χ2n) is 4.26. The van der Waals surface area contributed by atoms with Crippen LogP contribution in [0.5, 0.6) is 0 Å². The molecule has 0 unspecified atom stereocenters. The molecule has 19 heavy (non-hydrogen) atoms. The Balaban J connectivity index is 2.31. The van der Waals surface area contributed by atoms with E-state index >= 15 is 0 Å². The lowest BCUT2D eigenvalue weighted by Gasteiger charge is -2.00. The molecule has 0 atom stereocenters. The van der Waals surface area contributed by atoms with E-state index in [0.717, 1.165) is 5.69 Å². The molecule has 0 saturated carbocycles. The molecular weight excluding hydrogens is 286 g/mol. The van der Waals surface area contributed by atoms with Crippen LogP contribution in [-0.4, -0.2) is 9.38 Å². The van der Waals surface area contributed by atoms with Crippen molar-refractivity contribution in [2.75, 3.05) is 0 Å². The van der Waals surface area contributed by atoms with Crippen molar-refractivity contribution < 1.29 is 4.39 Å². The van der Waals surface area contributed by atoms with E-state index < -0.39 is 0 Å². The molecule has 0 radical (unpaired) electrons. The molecule has 0 aliphatic rings. The Morgan fingerprint density at radius 2 is 2.00 bits per heavy atom. The highest BCUT2D eigenvalue weighted by atomic mass is 35.5. The van der Waals surface area contributed by atoms with Crippen LogP contribution in [0.15, 0.2) is 36.5 Å². The SMILES string of the molecule is Cc1c(-c2cccc(F)c2)nc2c(Cl)cc(Cl)cn12. The number of nitrogens with zero attached hydrogens (tertiary/aromatic N) is 2. The van der Waals surface area contributed by atoms with Crippen LogP contribution in [0.2, 0.25) is 10.0 Å². The molecule has 0 saturated heterocycles. The van der Waals surface area contributed by atoms with Gasteiger partial charge in [0.1, 0.15) is 5.82 Å². The summed E-state index contributed by atoms with van der Waals surface area (Å²) in [5.41, 5.74) is 2.89. The number of hydrogen-bond acceptors (Lipinski definition) is 1. The average molecular weight is 295 g/mol. The average Bonchev–Trinajstić information content (AvgIpc) is 2.68. The van der Waals surface area contributed by atoms with Crippen LogP contribution in [0.25, 0.3) is 16.9 Å². The lowest BCUT2D eigenvalue weighted by Crippen LogP contribution is -1.88. The molecule has 0 N–H and O–H groups in total. The molecule has 0 amide bonds. The Hall–Kier alpha value is -1.58. The fraction of sp³-hybridized carbons (Fsp3) is 0.0714. The maximum Gasteiger partial charge on any atom is 0.156 e. The minimum Gasteiger partial charge on any atom is -0.301 e. The molecule has 0 aliphatic carbocycles. The van der Waals surface area contributed by atoms with Crippen LogP contribution in [0.3, 0.4) is 0 Å². The molecule has 0 bridgehead atoms. The van der Waals surface area contributed by atoms with E-state index in [4.69, 9.17) is 23.2 Å². The third-order valence-corrected chi connectivity index (χ3v) is 3.46. The van der Waals surface area contributed by atoms with Crippen molar-refractivity contribution in [2.45, 2.75) is 6.92 Å². The van der Waals surface area contributed by atoms with E-state index in [9.17, 15) is 4.39 Å². The Labute approximate surface area is 119 Å².